The monoisotopic (exact) mass is 341 g/mol. The van der Waals surface area contributed by atoms with E-state index in [2.05, 4.69) is 71.6 Å². The SMILES string of the molecule is Cc1nn(C)c(N(C)C)c1CNC[C@H](c1ccccc1)N1CCCC1. The van der Waals surface area contributed by atoms with Crippen molar-refractivity contribution in [3.63, 3.8) is 0 Å². The Morgan fingerprint density at radius 1 is 1.16 bits per heavy atom. The lowest BCUT2D eigenvalue weighted by Gasteiger charge is -2.28. The van der Waals surface area contributed by atoms with Crippen molar-refractivity contribution in [3.05, 3.63) is 47.2 Å². The van der Waals surface area contributed by atoms with Gasteiger partial charge in [0.2, 0.25) is 0 Å². The van der Waals surface area contributed by atoms with E-state index in [0.717, 1.165) is 18.8 Å². The number of likely N-dealkylation sites (tertiary alicyclic amines) is 1. The minimum Gasteiger partial charge on any atom is -0.363 e. The van der Waals surface area contributed by atoms with Crippen LogP contribution in [0.3, 0.4) is 0 Å². The molecular weight excluding hydrogens is 310 g/mol. The fourth-order valence-corrected chi connectivity index (χ4v) is 3.98. The van der Waals surface area contributed by atoms with Gasteiger partial charge in [-0.15, -0.1) is 0 Å². The van der Waals surface area contributed by atoms with Crippen molar-refractivity contribution in [3.8, 4) is 0 Å². The van der Waals surface area contributed by atoms with Gasteiger partial charge in [0.15, 0.2) is 0 Å². The van der Waals surface area contributed by atoms with Crippen LogP contribution in [0, 0.1) is 6.92 Å². The molecule has 1 saturated heterocycles. The van der Waals surface area contributed by atoms with Crippen molar-refractivity contribution in [1.29, 1.82) is 0 Å². The Morgan fingerprint density at radius 3 is 2.48 bits per heavy atom. The molecule has 2 aromatic rings. The van der Waals surface area contributed by atoms with Crippen LogP contribution in [-0.4, -0.2) is 48.4 Å². The fourth-order valence-electron chi connectivity index (χ4n) is 3.98. The van der Waals surface area contributed by atoms with Gasteiger partial charge in [0.05, 0.1) is 5.69 Å². The maximum absolute atomic E-state index is 4.59. The maximum atomic E-state index is 4.59. The molecule has 0 aliphatic carbocycles. The molecule has 1 aromatic carbocycles. The Morgan fingerprint density at radius 2 is 1.84 bits per heavy atom. The topological polar surface area (TPSA) is 36.3 Å². The minimum atomic E-state index is 0.448. The Labute approximate surface area is 151 Å². The van der Waals surface area contributed by atoms with Crippen LogP contribution in [0.15, 0.2) is 30.3 Å². The van der Waals surface area contributed by atoms with E-state index >= 15 is 0 Å². The molecule has 3 rings (SSSR count). The van der Waals surface area contributed by atoms with Gasteiger partial charge in [-0.2, -0.15) is 5.10 Å². The second kappa shape index (κ2) is 8.02. The third-order valence-electron chi connectivity index (χ3n) is 5.14. The van der Waals surface area contributed by atoms with Crippen LogP contribution >= 0.6 is 0 Å². The number of aromatic nitrogens is 2. The number of benzene rings is 1. The van der Waals surface area contributed by atoms with Gasteiger partial charge in [0, 0.05) is 45.8 Å². The van der Waals surface area contributed by atoms with Crippen LogP contribution in [0.1, 0.15) is 35.7 Å². The molecule has 1 aromatic heterocycles. The molecule has 0 radical (unpaired) electrons. The molecule has 1 fully saturated rings. The fraction of sp³-hybridized carbons (Fsp3) is 0.550. The van der Waals surface area contributed by atoms with Crippen LogP contribution in [0.2, 0.25) is 0 Å². The Bertz CT molecular complexity index is 671. The summed E-state index contributed by atoms with van der Waals surface area (Å²) >= 11 is 0. The second-order valence-corrected chi connectivity index (χ2v) is 7.21. The van der Waals surface area contributed by atoms with Crippen molar-refractivity contribution < 1.29 is 0 Å². The minimum absolute atomic E-state index is 0.448. The van der Waals surface area contributed by atoms with Gasteiger partial charge in [-0.1, -0.05) is 30.3 Å². The molecule has 0 unspecified atom stereocenters. The summed E-state index contributed by atoms with van der Waals surface area (Å²) in [6.45, 7) is 6.32. The molecule has 1 N–H and O–H groups in total. The zero-order valence-corrected chi connectivity index (χ0v) is 16.0. The first-order valence-electron chi connectivity index (χ1n) is 9.27. The Hall–Kier alpha value is -1.85. The predicted octanol–water partition coefficient (Wildman–Crippen LogP) is 2.72. The lowest BCUT2D eigenvalue weighted by molar-refractivity contribution is 0.238. The third kappa shape index (κ3) is 4.05. The van der Waals surface area contributed by atoms with E-state index in [4.69, 9.17) is 0 Å². The maximum Gasteiger partial charge on any atom is 0.130 e. The van der Waals surface area contributed by atoms with Gasteiger partial charge in [0.1, 0.15) is 5.82 Å². The largest absolute Gasteiger partial charge is 0.363 e. The highest BCUT2D eigenvalue weighted by Crippen LogP contribution is 2.25. The summed E-state index contributed by atoms with van der Waals surface area (Å²) in [4.78, 5) is 4.76. The van der Waals surface area contributed by atoms with E-state index < -0.39 is 0 Å². The predicted molar refractivity (Wildman–Crippen MR) is 104 cm³/mol. The average Bonchev–Trinajstić information content (AvgIpc) is 3.20. The normalized spacial score (nSPS) is 16.3. The zero-order chi connectivity index (χ0) is 17.8. The number of anilines is 1. The Kier molecular flexibility index (Phi) is 5.76. The first-order valence-corrected chi connectivity index (χ1v) is 9.27. The molecule has 5 nitrogen and oxygen atoms in total. The highest BCUT2D eigenvalue weighted by atomic mass is 15.4. The summed E-state index contributed by atoms with van der Waals surface area (Å²) < 4.78 is 1.97. The summed E-state index contributed by atoms with van der Waals surface area (Å²) in [5.41, 5.74) is 3.81. The van der Waals surface area contributed by atoms with Crippen LogP contribution in [-0.2, 0) is 13.6 Å². The van der Waals surface area contributed by atoms with Gasteiger partial charge < -0.3 is 10.2 Å². The number of hydrogen-bond donors (Lipinski definition) is 1. The van der Waals surface area contributed by atoms with E-state index in [1.54, 1.807) is 0 Å². The van der Waals surface area contributed by atoms with Crippen molar-refractivity contribution in [1.82, 2.24) is 20.0 Å². The standard InChI is InChI=1S/C20H31N5/c1-16-18(20(23(2)3)24(4)22-16)14-21-15-19(25-12-8-9-13-25)17-10-6-5-7-11-17/h5-7,10-11,19,21H,8-9,12-15H2,1-4H3/t19-/m1/s1. The van der Waals surface area contributed by atoms with E-state index in [0.29, 0.717) is 6.04 Å². The zero-order valence-electron chi connectivity index (χ0n) is 16.0. The second-order valence-electron chi connectivity index (χ2n) is 7.21. The summed E-state index contributed by atoms with van der Waals surface area (Å²) in [5, 5.41) is 8.30. The molecule has 25 heavy (non-hydrogen) atoms. The summed E-state index contributed by atoms with van der Waals surface area (Å²) in [6.07, 6.45) is 2.63. The summed E-state index contributed by atoms with van der Waals surface area (Å²) in [7, 11) is 6.18. The molecule has 0 saturated carbocycles. The van der Waals surface area contributed by atoms with E-state index in [9.17, 15) is 0 Å². The van der Waals surface area contributed by atoms with Crippen molar-refractivity contribution in [2.75, 3.05) is 38.6 Å². The van der Waals surface area contributed by atoms with Gasteiger partial charge in [0.25, 0.3) is 0 Å². The molecule has 0 spiro atoms. The molecule has 136 valence electrons. The van der Waals surface area contributed by atoms with Gasteiger partial charge >= 0.3 is 0 Å². The van der Waals surface area contributed by atoms with Crippen LogP contribution in [0.25, 0.3) is 0 Å². The number of nitrogens with one attached hydrogen (secondary N) is 1. The average molecular weight is 342 g/mol. The molecule has 1 aliphatic rings. The highest BCUT2D eigenvalue weighted by Gasteiger charge is 2.23. The highest BCUT2D eigenvalue weighted by molar-refractivity contribution is 5.48. The van der Waals surface area contributed by atoms with Crippen molar-refractivity contribution in [2.24, 2.45) is 7.05 Å². The number of hydrogen-bond acceptors (Lipinski definition) is 4. The lowest BCUT2D eigenvalue weighted by Crippen LogP contribution is -2.34. The molecule has 5 heteroatoms. The van der Waals surface area contributed by atoms with E-state index in [-0.39, 0.29) is 0 Å². The van der Waals surface area contributed by atoms with E-state index in [1.807, 2.05) is 11.7 Å². The smallest absolute Gasteiger partial charge is 0.130 e. The van der Waals surface area contributed by atoms with Gasteiger partial charge in [-0.25, -0.2) is 0 Å². The van der Waals surface area contributed by atoms with Crippen molar-refractivity contribution >= 4 is 5.82 Å². The first kappa shape index (κ1) is 18.0. The lowest BCUT2D eigenvalue weighted by atomic mass is 10.1. The first-order chi connectivity index (χ1) is 12.1. The summed E-state index contributed by atoms with van der Waals surface area (Å²) in [5.74, 6) is 1.18. The summed E-state index contributed by atoms with van der Waals surface area (Å²) in [6, 6.07) is 11.3. The molecule has 2 heterocycles. The molecule has 0 bridgehead atoms. The molecular formula is C20H31N5. The van der Waals surface area contributed by atoms with Crippen LogP contribution < -0.4 is 10.2 Å². The number of nitrogens with zero attached hydrogens (tertiary/aromatic N) is 4. The Balaban J connectivity index is 1.70. The quantitative estimate of drug-likeness (QED) is 0.840. The molecule has 0 amide bonds. The van der Waals surface area contributed by atoms with E-state index in [1.165, 1.54) is 42.9 Å². The molecule has 1 aliphatic heterocycles. The number of aryl methyl sites for hydroxylation is 2. The number of rotatable bonds is 7. The van der Waals surface area contributed by atoms with Gasteiger partial charge in [-0.3, -0.25) is 9.58 Å². The van der Waals surface area contributed by atoms with Crippen LogP contribution in [0.4, 0.5) is 5.82 Å². The van der Waals surface area contributed by atoms with Crippen molar-refractivity contribution in [2.45, 2.75) is 32.4 Å². The van der Waals surface area contributed by atoms with Crippen LogP contribution in [0.5, 0.6) is 0 Å². The molecule has 1 atom stereocenters. The van der Waals surface area contributed by atoms with Gasteiger partial charge in [-0.05, 0) is 38.4 Å². The third-order valence-corrected chi connectivity index (χ3v) is 5.14.